The molecule has 5 nitrogen and oxygen atoms in total. The van der Waals surface area contributed by atoms with Crippen molar-refractivity contribution in [2.75, 3.05) is 20.1 Å². The van der Waals surface area contributed by atoms with Crippen LogP contribution in [0.3, 0.4) is 0 Å². The minimum Gasteiger partial charge on any atom is -0.507 e. The molecule has 0 saturated carbocycles. The Hall–Kier alpha value is -2.11. The largest absolute Gasteiger partial charge is 0.507 e. The van der Waals surface area contributed by atoms with Crippen molar-refractivity contribution in [2.45, 2.75) is 12.8 Å². The Morgan fingerprint density at radius 1 is 1.45 bits per heavy atom. The van der Waals surface area contributed by atoms with Gasteiger partial charge in [0.25, 0.3) is 5.91 Å². The molecule has 1 aliphatic rings. The average Bonchev–Trinajstić information content (AvgIpc) is 2.46. The zero-order valence-electron chi connectivity index (χ0n) is 11.2. The van der Waals surface area contributed by atoms with Gasteiger partial charge < -0.3 is 15.3 Å². The minimum atomic E-state index is -0.596. The van der Waals surface area contributed by atoms with E-state index in [9.17, 15) is 19.1 Å². The number of halogens is 1. The van der Waals surface area contributed by atoms with Gasteiger partial charge in [-0.1, -0.05) is 0 Å². The lowest BCUT2D eigenvalue weighted by molar-refractivity contribution is -0.125. The minimum absolute atomic E-state index is 0.0592. The summed E-state index contributed by atoms with van der Waals surface area (Å²) < 4.78 is 12.9. The van der Waals surface area contributed by atoms with E-state index in [-0.39, 0.29) is 29.0 Å². The van der Waals surface area contributed by atoms with Crippen molar-refractivity contribution in [2.24, 2.45) is 5.92 Å². The van der Waals surface area contributed by atoms with Gasteiger partial charge in [-0.25, -0.2) is 4.39 Å². The highest BCUT2D eigenvalue weighted by Crippen LogP contribution is 2.23. The molecule has 2 amide bonds. The first kappa shape index (κ1) is 14.3. The predicted octanol–water partition coefficient (Wildman–Crippen LogP) is 1.13. The molecule has 1 heterocycles. The van der Waals surface area contributed by atoms with Crippen LogP contribution in [0.5, 0.6) is 5.75 Å². The molecule has 1 aliphatic heterocycles. The van der Waals surface area contributed by atoms with Crippen molar-refractivity contribution < 1.29 is 19.1 Å². The summed E-state index contributed by atoms with van der Waals surface area (Å²) in [5.74, 6) is -1.68. The normalized spacial score (nSPS) is 18.7. The summed E-state index contributed by atoms with van der Waals surface area (Å²) >= 11 is 0. The SMILES string of the molecule is CNC(=O)C1CCCN(C(=O)c2ccc(F)cc2O)C1. The molecule has 1 aromatic carbocycles. The van der Waals surface area contributed by atoms with Crippen molar-refractivity contribution >= 4 is 11.8 Å². The van der Waals surface area contributed by atoms with E-state index in [1.165, 1.54) is 11.0 Å². The van der Waals surface area contributed by atoms with E-state index in [1.807, 2.05) is 0 Å². The number of phenolic OH excluding ortho intramolecular Hbond substituents is 1. The lowest BCUT2D eigenvalue weighted by atomic mass is 9.96. The fourth-order valence-electron chi connectivity index (χ4n) is 2.44. The Kier molecular flexibility index (Phi) is 4.22. The molecule has 0 radical (unpaired) electrons. The number of carbonyl (C=O) groups is 2. The van der Waals surface area contributed by atoms with Crippen molar-refractivity contribution in [1.29, 1.82) is 0 Å². The highest BCUT2D eigenvalue weighted by molar-refractivity contribution is 5.97. The molecule has 0 bridgehead atoms. The Bertz CT molecular complexity index is 533. The number of amides is 2. The summed E-state index contributed by atoms with van der Waals surface area (Å²) in [5.41, 5.74) is 0.0592. The molecule has 0 aliphatic carbocycles. The fourth-order valence-corrected chi connectivity index (χ4v) is 2.44. The summed E-state index contributed by atoms with van der Waals surface area (Å²) in [4.78, 5) is 25.5. The Balaban J connectivity index is 2.14. The van der Waals surface area contributed by atoms with E-state index in [2.05, 4.69) is 5.32 Å². The molecule has 2 rings (SSSR count). The van der Waals surface area contributed by atoms with Gasteiger partial charge in [-0.2, -0.15) is 0 Å². The standard InChI is InChI=1S/C14H17FN2O3/c1-16-13(19)9-3-2-6-17(8-9)14(20)11-5-4-10(15)7-12(11)18/h4-5,7,9,18H,2-3,6,8H2,1H3,(H,16,19). The maximum atomic E-state index is 12.9. The van der Waals surface area contributed by atoms with Gasteiger partial charge in [-0.05, 0) is 25.0 Å². The summed E-state index contributed by atoms with van der Waals surface area (Å²) in [6, 6.07) is 3.30. The van der Waals surface area contributed by atoms with E-state index in [0.29, 0.717) is 13.1 Å². The van der Waals surface area contributed by atoms with Crippen LogP contribution >= 0.6 is 0 Å². The highest BCUT2D eigenvalue weighted by atomic mass is 19.1. The van der Waals surface area contributed by atoms with E-state index in [4.69, 9.17) is 0 Å². The van der Waals surface area contributed by atoms with Crippen LogP contribution in [0.4, 0.5) is 4.39 Å². The first-order valence-electron chi connectivity index (χ1n) is 6.52. The lowest BCUT2D eigenvalue weighted by Crippen LogP contribution is -2.44. The van der Waals surface area contributed by atoms with Gasteiger partial charge in [0.05, 0.1) is 11.5 Å². The quantitative estimate of drug-likeness (QED) is 0.853. The van der Waals surface area contributed by atoms with Crippen molar-refractivity contribution in [1.82, 2.24) is 10.2 Å². The van der Waals surface area contributed by atoms with Crippen LogP contribution in [0.1, 0.15) is 23.2 Å². The summed E-state index contributed by atoms with van der Waals surface area (Å²) in [7, 11) is 1.56. The van der Waals surface area contributed by atoms with E-state index in [1.54, 1.807) is 7.05 Å². The number of carbonyl (C=O) groups excluding carboxylic acids is 2. The number of nitrogens with zero attached hydrogens (tertiary/aromatic N) is 1. The number of hydrogen-bond acceptors (Lipinski definition) is 3. The van der Waals surface area contributed by atoms with E-state index < -0.39 is 5.82 Å². The Morgan fingerprint density at radius 3 is 2.85 bits per heavy atom. The van der Waals surface area contributed by atoms with Crippen molar-refractivity contribution in [3.8, 4) is 5.75 Å². The first-order chi connectivity index (χ1) is 9.52. The van der Waals surface area contributed by atoms with Crippen LogP contribution in [0, 0.1) is 11.7 Å². The average molecular weight is 280 g/mol. The predicted molar refractivity (Wildman–Crippen MR) is 70.8 cm³/mol. The third-order valence-electron chi connectivity index (χ3n) is 3.52. The van der Waals surface area contributed by atoms with E-state index in [0.717, 1.165) is 25.0 Å². The van der Waals surface area contributed by atoms with Gasteiger partial charge in [0.15, 0.2) is 0 Å². The lowest BCUT2D eigenvalue weighted by Gasteiger charge is -2.32. The molecule has 20 heavy (non-hydrogen) atoms. The highest BCUT2D eigenvalue weighted by Gasteiger charge is 2.29. The number of piperidine rings is 1. The summed E-state index contributed by atoms with van der Waals surface area (Å²) in [5, 5.41) is 12.2. The van der Waals surface area contributed by atoms with Crippen LogP contribution in [0.25, 0.3) is 0 Å². The van der Waals surface area contributed by atoms with Gasteiger partial charge in [0, 0.05) is 26.2 Å². The molecule has 2 N–H and O–H groups in total. The smallest absolute Gasteiger partial charge is 0.257 e. The molecule has 108 valence electrons. The molecule has 1 aromatic rings. The first-order valence-corrected chi connectivity index (χ1v) is 6.52. The zero-order valence-corrected chi connectivity index (χ0v) is 11.2. The number of aromatic hydroxyl groups is 1. The van der Waals surface area contributed by atoms with E-state index >= 15 is 0 Å². The molecule has 1 unspecified atom stereocenters. The van der Waals surface area contributed by atoms with Gasteiger partial charge in [-0.3, -0.25) is 9.59 Å². The summed E-state index contributed by atoms with van der Waals surface area (Å²) in [6.07, 6.45) is 1.46. The fraction of sp³-hybridized carbons (Fsp3) is 0.429. The molecule has 0 spiro atoms. The second-order valence-corrected chi connectivity index (χ2v) is 4.87. The number of phenols is 1. The van der Waals surface area contributed by atoms with Crippen LogP contribution in [0.15, 0.2) is 18.2 Å². The zero-order chi connectivity index (χ0) is 14.7. The molecule has 1 saturated heterocycles. The Labute approximate surface area is 116 Å². The number of nitrogens with one attached hydrogen (secondary N) is 1. The third kappa shape index (κ3) is 2.89. The number of likely N-dealkylation sites (tertiary alicyclic amines) is 1. The molecule has 0 aromatic heterocycles. The topological polar surface area (TPSA) is 69.6 Å². The molecule has 1 fully saturated rings. The van der Waals surface area contributed by atoms with Crippen molar-refractivity contribution in [3.63, 3.8) is 0 Å². The maximum Gasteiger partial charge on any atom is 0.257 e. The second kappa shape index (κ2) is 5.90. The van der Waals surface area contributed by atoms with Crippen molar-refractivity contribution in [3.05, 3.63) is 29.6 Å². The molecule has 1 atom stereocenters. The number of benzene rings is 1. The number of hydrogen-bond donors (Lipinski definition) is 2. The van der Waals surface area contributed by atoms with Gasteiger partial charge in [0.1, 0.15) is 11.6 Å². The number of rotatable bonds is 2. The van der Waals surface area contributed by atoms with Crippen LogP contribution in [-0.2, 0) is 4.79 Å². The van der Waals surface area contributed by atoms with Gasteiger partial charge >= 0.3 is 0 Å². The van der Waals surface area contributed by atoms with Crippen LogP contribution in [0.2, 0.25) is 0 Å². The summed E-state index contributed by atoms with van der Waals surface area (Å²) in [6.45, 7) is 0.846. The molecular formula is C14H17FN2O3. The maximum absolute atomic E-state index is 12.9. The monoisotopic (exact) mass is 280 g/mol. The Morgan fingerprint density at radius 2 is 2.20 bits per heavy atom. The molecule has 6 heteroatoms. The third-order valence-corrected chi connectivity index (χ3v) is 3.52. The second-order valence-electron chi connectivity index (χ2n) is 4.87. The van der Waals surface area contributed by atoms with Gasteiger partial charge in [0.2, 0.25) is 5.91 Å². The van der Waals surface area contributed by atoms with Gasteiger partial charge in [-0.15, -0.1) is 0 Å². The molecular weight excluding hydrogens is 263 g/mol. The van der Waals surface area contributed by atoms with Crippen LogP contribution < -0.4 is 5.32 Å². The van der Waals surface area contributed by atoms with Crippen LogP contribution in [-0.4, -0.2) is 42.0 Å².